The number of hydrogen-bond donors (Lipinski definition) is 1. The molecule has 0 aliphatic heterocycles. The van der Waals surface area contributed by atoms with Crippen molar-refractivity contribution in [2.45, 2.75) is 47.1 Å². The van der Waals surface area contributed by atoms with Crippen molar-refractivity contribution >= 4 is 11.6 Å². The molecule has 0 saturated carbocycles. The minimum absolute atomic E-state index is 0.111. The summed E-state index contributed by atoms with van der Waals surface area (Å²) in [5.74, 6) is 0.630. The van der Waals surface area contributed by atoms with E-state index < -0.39 is 6.10 Å². The first-order valence-corrected chi connectivity index (χ1v) is 8.02. The van der Waals surface area contributed by atoms with Crippen LogP contribution in [-0.4, -0.2) is 12.0 Å². The van der Waals surface area contributed by atoms with Gasteiger partial charge in [0.25, 0.3) is 5.91 Å². The van der Waals surface area contributed by atoms with Gasteiger partial charge in [-0.3, -0.25) is 4.79 Å². The van der Waals surface area contributed by atoms with Gasteiger partial charge in [-0.25, -0.2) is 0 Å². The summed E-state index contributed by atoms with van der Waals surface area (Å²) < 4.78 is 5.92. The zero-order valence-electron chi connectivity index (χ0n) is 14.6. The van der Waals surface area contributed by atoms with Crippen molar-refractivity contribution in [3.63, 3.8) is 0 Å². The molecule has 1 amide bonds. The molecule has 0 aromatic heterocycles. The molecule has 3 heteroatoms. The summed E-state index contributed by atoms with van der Waals surface area (Å²) in [6.45, 7) is 10.1. The Bertz CT molecular complexity index is 687. The van der Waals surface area contributed by atoms with Crippen LogP contribution in [0.4, 0.5) is 5.69 Å². The molecule has 1 unspecified atom stereocenters. The molecule has 0 bridgehead atoms. The zero-order valence-corrected chi connectivity index (χ0v) is 14.6. The van der Waals surface area contributed by atoms with E-state index in [-0.39, 0.29) is 5.91 Å². The fraction of sp³-hybridized carbons (Fsp3) is 0.350. The number of nitrogens with one attached hydrogen (secondary N) is 1. The van der Waals surface area contributed by atoms with Gasteiger partial charge in [-0.2, -0.15) is 0 Å². The first-order chi connectivity index (χ1) is 10.9. The van der Waals surface area contributed by atoms with E-state index in [9.17, 15) is 4.79 Å². The second-order valence-corrected chi connectivity index (χ2v) is 6.07. The molecule has 0 spiro atoms. The molecule has 0 aliphatic rings. The quantitative estimate of drug-likeness (QED) is 0.868. The summed E-state index contributed by atoms with van der Waals surface area (Å²) in [5.41, 5.74) is 5.35. The Hall–Kier alpha value is -2.29. The zero-order chi connectivity index (χ0) is 17.0. The van der Waals surface area contributed by atoms with Crippen LogP contribution in [-0.2, 0) is 4.79 Å². The third-order valence-electron chi connectivity index (χ3n) is 4.00. The van der Waals surface area contributed by atoms with E-state index in [1.54, 1.807) is 0 Å². The number of hydrogen-bond acceptors (Lipinski definition) is 2. The van der Waals surface area contributed by atoms with E-state index in [4.69, 9.17) is 4.74 Å². The van der Waals surface area contributed by atoms with E-state index in [1.165, 1.54) is 0 Å². The highest BCUT2D eigenvalue weighted by Gasteiger charge is 2.19. The third-order valence-corrected chi connectivity index (χ3v) is 4.00. The second-order valence-electron chi connectivity index (χ2n) is 6.07. The van der Waals surface area contributed by atoms with Crippen molar-refractivity contribution in [3.8, 4) is 5.75 Å². The Labute approximate surface area is 138 Å². The number of aryl methyl sites for hydroxylation is 3. The SMILES string of the molecule is CCC(Oc1cc(C)cc(C)c1)C(=O)Nc1cccc(C)c1C. The van der Waals surface area contributed by atoms with Gasteiger partial charge in [0.05, 0.1) is 0 Å². The van der Waals surface area contributed by atoms with Crippen LogP contribution in [0.5, 0.6) is 5.75 Å². The molecule has 2 rings (SSSR count). The minimum atomic E-state index is -0.504. The molecule has 1 N–H and O–H groups in total. The first-order valence-electron chi connectivity index (χ1n) is 8.02. The molecular weight excluding hydrogens is 286 g/mol. The number of carbonyl (C=O) groups excluding carboxylic acids is 1. The summed E-state index contributed by atoms with van der Waals surface area (Å²) >= 11 is 0. The summed E-state index contributed by atoms with van der Waals surface area (Å²) in [7, 11) is 0. The number of benzene rings is 2. The van der Waals surface area contributed by atoms with Crippen LogP contribution in [0, 0.1) is 27.7 Å². The first kappa shape index (κ1) is 17.1. The van der Waals surface area contributed by atoms with Gasteiger partial charge in [-0.15, -0.1) is 0 Å². The highest BCUT2D eigenvalue weighted by atomic mass is 16.5. The summed E-state index contributed by atoms with van der Waals surface area (Å²) in [4.78, 5) is 12.5. The normalized spacial score (nSPS) is 11.9. The van der Waals surface area contributed by atoms with Crippen LogP contribution in [0.1, 0.15) is 35.6 Å². The van der Waals surface area contributed by atoms with Crippen molar-refractivity contribution in [2.24, 2.45) is 0 Å². The smallest absolute Gasteiger partial charge is 0.265 e. The van der Waals surface area contributed by atoms with Crippen LogP contribution in [0.15, 0.2) is 36.4 Å². The maximum Gasteiger partial charge on any atom is 0.265 e. The van der Waals surface area contributed by atoms with Gasteiger partial charge in [-0.1, -0.05) is 25.1 Å². The predicted octanol–water partition coefficient (Wildman–Crippen LogP) is 4.72. The Morgan fingerprint density at radius 1 is 1.09 bits per heavy atom. The molecule has 122 valence electrons. The van der Waals surface area contributed by atoms with Crippen molar-refractivity contribution < 1.29 is 9.53 Å². The van der Waals surface area contributed by atoms with E-state index in [1.807, 2.05) is 65.0 Å². The number of carbonyl (C=O) groups is 1. The molecule has 2 aromatic rings. The van der Waals surface area contributed by atoms with E-state index in [0.717, 1.165) is 33.7 Å². The van der Waals surface area contributed by atoms with Gasteiger partial charge in [0.15, 0.2) is 6.10 Å². The Morgan fingerprint density at radius 3 is 2.35 bits per heavy atom. The molecular formula is C20H25NO2. The van der Waals surface area contributed by atoms with Crippen LogP contribution in [0.2, 0.25) is 0 Å². The fourth-order valence-corrected chi connectivity index (χ4v) is 2.59. The van der Waals surface area contributed by atoms with Crippen molar-refractivity contribution in [3.05, 3.63) is 58.7 Å². The van der Waals surface area contributed by atoms with Crippen LogP contribution in [0.25, 0.3) is 0 Å². The monoisotopic (exact) mass is 311 g/mol. The topological polar surface area (TPSA) is 38.3 Å². The van der Waals surface area contributed by atoms with Gasteiger partial charge >= 0.3 is 0 Å². The van der Waals surface area contributed by atoms with Crippen molar-refractivity contribution in [2.75, 3.05) is 5.32 Å². The van der Waals surface area contributed by atoms with Crippen LogP contribution < -0.4 is 10.1 Å². The lowest BCUT2D eigenvalue weighted by Gasteiger charge is -2.19. The fourth-order valence-electron chi connectivity index (χ4n) is 2.59. The van der Waals surface area contributed by atoms with Gasteiger partial charge in [0, 0.05) is 5.69 Å². The summed E-state index contributed by atoms with van der Waals surface area (Å²) in [6, 6.07) is 11.9. The number of amides is 1. The maximum atomic E-state index is 12.5. The van der Waals surface area contributed by atoms with E-state index in [0.29, 0.717) is 6.42 Å². The Balaban J connectivity index is 2.13. The summed E-state index contributed by atoms with van der Waals surface area (Å²) in [5, 5.41) is 2.99. The van der Waals surface area contributed by atoms with Gasteiger partial charge in [0.1, 0.15) is 5.75 Å². The molecule has 1 atom stereocenters. The molecule has 0 fully saturated rings. The van der Waals surface area contributed by atoms with E-state index in [2.05, 4.69) is 11.4 Å². The lowest BCUT2D eigenvalue weighted by Crippen LogP contribution is -2.32. The molecule has 0 heterocycles. The molecule has 23 heavy (non-hydrogen) atoms. The van der Waals surface area contributed by atoms with Crippen LogP contribution >= 0.6 is 0 Å². The highest BCUT2D eigenvalue weighted by Crippen LogP contribution is 2.21. The number of anilines is 1. The molecule has 2 aromatic carbocycles. The lowest BCUT2D eigenvalue weighted by atomic mass is 10.1. The Kier molecular flexibility index (Phi) is 5.43. The standard InChI is InChI=1S/C20H25NO2/c1-6-19(23-17-11-13(2)10-14(3)12-17)20(22)21-18-9-7-8-15(4)16(18)5/h7-12,19H,6H2,1-5H3,(H,21,22). The molecule has 0 aliphatic carbocycles. The van der Waals surface area contributed by atoms with E-state index >= 15 is 0 Å². The minimum Gasteiger partial charge on any atom is -0.481 e. The Morgan fingerprint density at radius 2 is 1.74 bits per heavy atom. The molecule has 0 saturated heterocycles. The van der Waals surface area contributed by atoms with Crippen LogP contribution in [0.3, 0.4) is 0 Å². The van der Waals surface area contributed by atoms with Gasteiger partial charge in [0.2, 0.25) is 0 Å². The predicted molar refractivity (Wildman–Crippen MR) is 95.2 cm³/mol. The van der Waals surface area contributed by atoms with Crippen molar-refractivity contribution in [1.82, 2.24) is 0 Å². The molecule has 0 radical (unpaired) electrons. The van der Waals surface area contributed by atoms with Gasteiger partial charge < -0.3 is 10.1 Å². The van der Waals surface area contributed by atoms with Crippen molar-refractivity contribution in [1.29, 1.82) is 0 Å². The third kappa shape index (κ3) is 4.35. The largest absolute Gasteiger partial charge is 0.481 e. The average molecular weight is 311 g/mol. The van der Waals surface area contributed by atoms with Gasteiger partial charge in [-0.05, 0) is 74.6 Å². The second kappa shape index (κ2) is 7.32. The molecule has 3 nitrogen and oxygen atoms in total. The number of ether oxygens (including phenoxy) is 1. The maximum absolute atomic E-state index is 12.5. The number of rotatable bonds is 5. The average Bonchev–Trinajstić information content (AvgIpc) is 2.48. The highest BCUT2D eigenvalue weighted by molar-refractivity contribution is 5.95. The lowest BCUT2D eigenvalue weighted by molar-refractivity contribution is -0.122. The summed E-state index contributed by atoms with van der Waals surface area (Å²) in [6.07, 6.45) is 0.111.